The summed E-state index contributed by atoms with van der Waals surface area (Å²) in [5.74, 6) is 0.166. The van der Waals surface area contributed by atoms with Crippen LogP contribution in [0.3, 0.4) is 0 Å². The van der Waals surface area contributed by atoms with E-state index < -0.39 is 10.0 Å². The molecule has 1 N–H and O–H groups in total. The Balaban J connectivity index is 1.38. The molecule has 0 radical (unpaired) electrons. The Labute approximate surface area is 214 Å². The average molecular weight is 522 g/mol. The number of sulfonamides is 1. The first kappa shape index (κ1) is 24.0. The SMILES string of the molecule is CCC(=O)N1CC=C(c2cc3c(-c4ccc(NS(=O)(=O)c5ccc(Cl)cc5)cc4)ncnn3c2)CC1. The Hall–Kier alpha value is -3.69. The number of carbonyl (C=O) groups excluding carboxylic acids is 1. The van der Waals surface area contributed by atoms with Gasteiger partial charge in [-0.2, -0.15) is 5.10 Å². The third-order valence-corrected chi connectivity index (χ3v) is 7.82. The number of amides is 1. The molecule has 4 aromatic rings. The van der Waals surface area contributed by atoms with Gasteiger partial charge in [0.05, 0.1) is 16.1 Å². The van der Waals surface area contributed by atoms with Crippen molar-refractivity contribution in [2.45, 2.75) is 24.7 Å². The van der Waals surface area contributed by atoms with Crippen molar-refractivity contribution in [3.63, 3.8) is 0 Å². The molecule has 0 saturated carbocycles. The molecule has 0 unspecified atom stereocenters. The molecule has 2 aromatic heterocycles. The van der Waals surface area contributed by atoms with Crippen LogP contribution in [0.1, 0.15) is 25.3 Å². The van der Waals surface area contributed by atoms with Crippen LogP contribution in [0.25, 0.3) is 22.3 Å². The van der Waals surface area contributed by atoms with Gasteiger partial charge in [-0.15, -0.1) is 0 Å². The lowest BCUT2D eigenvalue weighted by Gasteiger charge is -2.25. The molecule has 8 nitrogen and oxygen atoms in total. The van der Waals surface area contributed by atoms with Crippen LogP contribution in [-0.2, 0) is 14.8 Å². The lowest BCUT2D eigenvalue weighted by atomic mass is 10.0. The smallest absolute Gasteiger partial charge is 0.261 e. The minimum absolute atomic E-state index is 0.133. The molecule has 1 aliphatic heterocycles. The maximum atomic E-state index is 12.7. The first-order chi connectivity index (χ1) is 17.3. The number of fused-ring (bicyclic) bond motifs is 1. The second kappa shape index (κ2) is 9.75. The molecule has 0 atom stereocenters. The van der Waals surface area contributed by atoms with Crippen LogP contribution in [0.4, 0.5) is 5.69 Å². The molecule has 1 amide bonds. The summed E-state index contributed by atoms with van der Waals surface area (Å²) < 4.78 is 29.7. The number of anilines is 1. The Bertz CT molecular complexity index is 1560. The topological polar surface area (TPSA) is 96.7 Å². The minimum Gasteiger partial charge on any atom is -0.339 e. The van der Waals surface area contributed by atoms with E-state index >= 15 is 0 Å². The van der Waals surface area contributed by atoms with Gasteiger partial charge in [0.2, 0.25) is 5.91 Å². The molecule has 0 spiro atoms. The van der Waals surface area contributed by atoms with Crippen LogP contribution in [0.2, 0.25) is 5.02 Å². The lowest BCUT2D eigenvalue weighted by molar-refractivity contribution is -0.130. The largest absolute Gasteiger partial charge is 0.339 e. The zero-order chi connectivity index (χ0) is 25.3. The molecule has 1 aliphatic rings. The molecule has 0 aliphatic carbocycles. The molecule has 2 aromatic carbocycles. The van der Waals surface area contributed by atoms with Crippen molar-refractivity contribution in [1.82, 2.24) is 19.5 Å². The number of carbonyl (C=O) groups is 1. The summed E-state index contributed by atoms with van der Waals surface area (Å²) in [6.45, 7) is 3.19. The predicted octanol–water partition coefficient (Wildman–Crippen LogP) is 4.88. The van der Waals surface area contributed by atoms with E-state index in [0.717, 1.165) is 28.8 Å². The van der Waals surface area contributed by atoms with Crippen molar-refractivity contribution >= 4 is 44.3 Å². The van der Waals surface area contributed by atoms with Crippen LogP contribution < -0.4 is 4.72 Å². The van der Waals surface area contributed by atoms with E-state index in [1.165, 1.54) is 36.2 Å². The average Bonchev–Trinajstić information content (AvgIpc) is 3.33. The van der Waals surface area contributed by atoms with Crippen molar-refractivity contribution < 1.29 is 13.2 Å². The fourth-order valence-corrected chi connectivity index (χ4v) is 5.42. The first-order valence-corrected chi connectivity index (χ1v) is 13.4. The van der Waals surface area contributed by atoms with Gasteiger partial charge in [0.15, 0.2) is 0 Å². The van der Waals surface area contributed by atoms with Gasteiger partial charge in [-0.05, 0) is 60.0 Å². The number of hydrogen-bond donors (Lipinski definition) is 1. The zero-order valence-electron chi connectivity index (χ0n) is 19.6. The third kappa shape index (κ3) is 4.84. The van der Waals surface area contributed by atoms with Crippen LogP contribution >= 0.6 is 11.6 Å². The molecular weight excluding hydrogens is 498 g/mol. The number of nitrogens with zero attached hydrogens (tertiary/aromatic N) is 4. The molecule has 36 heavy (non-hydrogen) atoms. The van der Waals surface area contributed by atoms with Gasteiger partial charge in [-0.25, -0.2) is 17.9 Å². The highest BCUT2D eigenvalue weighted by Gasteiger charge is 2.19. The van der Waals surface area contributed by atoms with Gasteiger partial charge >= 0.3 is 0 Å². The van der Waals surface area contributed by atoms with Gasteiger partial charge in [0, 0.05) is 42.0 Å². The second-order valence-electron chi connectivity index (χ2n) is 8.48. The molecule has 184 valence electrons. The summed E-state index contributed by atoms with van der Waals surface area (Å²) in [7, 11) is -3.73. The Morgan fingerprint density at radius 1 is 1.08 bits per heavy atom. The standard InChI is InChI=1S/C26H24ClN5O3S/c1-2-25(33)31-13-11-18(12-14-31)20-15-24-26(28-17-29-32(24)16-20)19-3-7-22(8-4-19)30-36(34,35)23-9-5-21(27)6-10-23/h3-11,15-17,30H,2,12-14H2,1H3. The summed E-state index contributed by atoms with van der Waals surface area (Å²) in [6, 6.07) is 15.1. The molecule has 10 heteroatoms. The Kier molecular flexibility index (Phi) is 6.51. The van der Waals surface area contributed by atoms with Crippen molar-refractivity contribution in [3.8, 4) is 11.3 Å². The van der Waals surface area contributed by atoms with Crippen molar-refractivity contribution in [3.05, 3.63) is 83.8 Å². The van der Waals surface area contributed by atoms with Crippen LogP contribution in [-0.4, -0.2) is 46.9 Å². The van der Waals surface area contributed by atoms with Crippen LogP contribution in [0.5, 0.6) is 0 Å². The fraction of sp³-hybridized carbons (Fsp3) is 0.192. The maximum absolute atomic E-state index is 12.7. The molecule has 0 saturated heterocycles. The van der Waals surface area contributed by atoms with Crippen molar-refractivity contribution in [2.75, 3.05) is 17.8 Å². The molecule has 0 fully saturated rings. The summed E-state index contributed by atoms with van der Waals surface area (Å²) >= 11 is 5.86. The van der Waals surface area contributed by atoms with E-state index in [1.807, 2.05) is 30.2 Å². The van der Waals surface area contributed by atoms with Gasteiger partial charge in [0.1, 0.15) is 6.33 Å². The van der Waals surface area contributed by atoms with Gasteiger partial charge in [-0.3, -0.25) is 9.52 Å². The summed E-state index contributed by atoms with van der Waals surface area (Å²) in [6.07, 6.45) is 6.87. The highest BCUT2D eigenvalue weighted by molar-refractivity contribution is 7.92. The third-order valence-electron chi connectivity index (χ3n) is 6.18. The van der Waals surface area contributed by atoms with Crippen LogP contribution in [0, 0.1) is 0 Å². The number of hydrogen-bond acceptors (Lipinski definition) is 5. The van der Waals surface area contributed by atoms with E-state index in [2.05, 4.69) is 26.9 Å². The number of rotatable bonds is 6. The van der Waals surface area contributed by atoms with E-state index in [9.17, 15) is 13.2 Å². The summed E-state index contributed by atoms with van der Waals surface area (Å²) in [4.78, 5) is 18.5. The lowest BCUT2D eigenvalue weighted by Crippen LogP contribution is -2.33. The molecule has 0 bridgehead atoms. The molecule has 5 rings (SSSR count). The van der Waals surface area contributed by atoms with E-state index in [0.29, 0.717) is 30.2 Å². The molecule has 3 heterocycles. The number of aromatic nitrogens is 3. The van der Waals surface area contributed by atoms with Gasteiger partial charge < -0.3 is 4.90 Å². The van der Waals surface area contributed by atoms with Crippen LogP contribution in [0.15, 0.2) is 78.1 Å². The Morgan fingerprint density at radius 3 is 2.50 bits per heavy atom. The summed E-state index contributed by atoms with van der Waals surface area (Å²) in [5, 5.41) is 4.83. The fourth-order valence-electron chi connectivity index (χ4n) is 4.23. The minimum atomic E-state index is -3.73. The van der Waals surface area contributed by atoms with E-state index in [-0.39, 0.29) is 10.8 Å². The number of nitrogens with one attached hydrogen (secondary N) is 1. The first-order valence-electron chi connectivity index (χ1n) is 11.5. The van der Waals surface area contributed by atoms with E-state index in [4.69, 9.17) is 11.6 Å². The maximum Gasteiger partial charge on any atom is 0.261 e. The summed E-state index contributed by atoms with van der Waals surface area (Å²) in [5.41, 5.74) is 5.08. The predicted molar refractivity (Wildman–Crippen MR) is 140 cm³/mol. The normalized spacial score (nSPS) is 14.1. The second-order valence-corrected chi connectivity index (χ2v) is 10.6. The quantitative estimate of drug-likeness (QED) is 0.390. The monoisotopic (exact) mass is 521 g/mol. The number of halogens is 1. The van der Waals surface area contributed by atoms with Crippen molar-refractivity contribution in [1.29, 1.82) is 0 Å². The molecular formula is C26H24ClN5O3S. The number of benzene rings is 2. The van der Waals surface area contributed by atoms with Gasteiger partial charge in [0.25, 0.3) is 10.0 Å². The highest BCUT2D eigenvalue weighted by Crippen LogP contribution is 2.29. The van der Waals surface area contributed by atoms with Gasteiger partial charge in [-0.1, -0.05) is 36.7 Å². The van der Waals surface area contributed by atoms with E-state index in [1.54, 1.807) is 16.6 Å². The zero-order valence-corrected chi connectivity index (χ0v) is 21.1. The van der Waals surface area contributed by atoms with Crippen molar-refractivity contribution in [2.24, 2.45) is 0 Å². The highest BCUT2D eigenvalue weighted by atomic mass is 35.5. The Morgan fingerprint density at radius 2 is 1.83 bits per heavy atom.